The Morgan fingerprint density at radius 1 is 1.12 bits per heavy atom. The number of benzene rings is 1. The van der Waals surface area contributed by atoms with Gasteiger partial charge in [-0.05, 0) is 79.0 Å². The van der Waals surface area contributed by atoms with Gasteiger partial charge in [0.15, 0.2) is 6.10 Å². The summed E-state index contributed by atoms with van der Waals surface area (Å²) in [4.78, 5) is 37.5. The van der Waals surface area contributed by atoms with E-state index in [1.54, 1.807) is 66.7 Å². The van der Waals surface area contributed by atoms with Gasteiger partial charge in [-0.25, -0.2) is 4.79 Å². The molecule has 5 N–H and O–H groups in total. The lowest BCUT2D eigenvalue weighted by Gasteiger charge is -2.33. The largest absolute Gasteiger partial charge is 0.479 e. The van der Waals surface area contributed by atoms with Crippen molar-refractivity contribution in [3.8, 4) is 5.75 Å². The minimum absolute atomic E-state index is 0.0202. The first-order valence-electron chi connectivity index (χ1n) is 10.6. The topological polar surface area (TPSA) is 143 Å². The van der Waals surface area contributed by atoms with Gasteiger partial charge in [-0.3, -0.25) is 9.59 Å². The van der Waals surface area contributed by atoms with Crippen LogP contribution < -0.4 is 21.5 Å². The Morgan fingerprint density at radius 3 is 2.28 bits per heavy atom. The molecule has 9 heteroatoms. The van der Waals surface area contributed by atoms with Gasteiger partial charge in [0.25, 0.3) is 5.91 Å². The maximum absolute atomic E-state index is 13.2. The van der Waals surface area contributed by atoms with Crippen molar-refractivity contribution in [1.29, 1.82) is 0 Å². The quantitative estimate of drug-likeness (QED) is 0.562. The third kappa shape index (κ3) is 6.43. The van der Waals surface area contributed by atoms with E-state index in [4.69, 9.17) is 25.7 Å². The molecule has 0 aromatic heterocycles. The highest BCUT2D eigenvalue weighted by atomic mass is 16.6. The molecule has 0 aliphatic carbocycles. The van der Waals surface area contributed by atoms with E-state index >= 15 is 0 Å². The minimum Gasteiger partial charge on any atom is -0.479 e. The first kappa shape index (κ1) is 25.6. The van der Waals surface area contributed by atoms with Crippen LogP contribution in [0.5, 0.6) is 5.75 Å². The molecule has 1 heterocycles. The standard InChI is InChI=1S/C23H35N3O6/c1-13-18(27)26-16-12-14(8-9-17(16)30-13)23(25,20(29)32-22(5,6)7)11-10-15(24)19(28)31-21(2,3)4/h8-9,12-13,15H,10-11,24-25H2,1-7H3,(H,26,27). The summed E-state index contributed by atoms with van der Waals surface area (Å²) in [6.45, 7) is 12.1. The van der Waals surface area contributed by atoms with E-state index in [1.165, 1.54) is 0 Å². The lowest BCUT2D eigenvalue weighted by atomic mass is 9.84. The molecular formula is C23H35N3O6. The molecule has 1 amide bonds. The fourth-order valence-electron chi connectivity index (χ4n) is 3.10. The number of carbonyl (C=O) groups excluding carboxylic acids is 3. The molecule has 178 valence electrons. The SMILES string of the molecule is CC1Oc2ccc(C(N)(CCC(N)C(=O)OC(C)(C)C)C(=O)OC(C)(C)C)cc2NC1=O. The number of esters is 2. The number of nitrogens with two attached hydrogens (primary N) is 2. The molecule has 32 heavy (non-hydrogen) atoms. The van der Waals surface area contributed by atoms with E-state index in [9.17, 15) is 14.4 Å². The maximum Gasteiger partial charge on any atom is 0.331 e. The van der Waals surface area contributed by atoms with Crippen molar-refractivity contribution < 1.29 is 28.6 Å². The van der Waals surface area contributed by atoms with Gasteiger partial charge < -0.3 is 31.0 Å². The molecule has 0 radical (unpaired) electrons. The van der Waals surface area contributed by atoms with Crippen molar-refractivity contribution in [3.05, 3.63) is 23.8 Å². The zero-order valence-electron chi connectivity index (χ0n) is 19.9. The highest BCUT2D eigenvalue weighted by molar-refractivity contribution is 5.98. The zero-order chi connectivity index (χ0) is 24.5. The number of nitrogens with one attached hydrogen (secondary N) is 1. The Morgan fingerprint density at radius 2 is 1.72 bits per heavy atom. The summed E-state index contributed by atoms with van der Waals surface area (Å²) in [5.41, 5.74) is 10.3. The minimum atomic E-state index is -1.62. The van der Waals surface area contributed by atoms with Crippen LogP contribution in [0, 0.1) is 0 Å². The monoisotopic (exact) mass is 449 g/mol. The highest BCUT2D eigenvalue weighted by Crippen LogP contribution is 2.36. The van der Waals surface area contributed by atoms with Gasteiger partial charge in [0.05, 0.1) is 5.69 Å². The van der Waals surface area contributed by atoms with Crippen LogP contribution >= 0.6 is 0 Å². The molecular weight excluding hydrogens is 414 g/mol. The van der Waals surface area contributed by atoms with Crippen molar-refractivity contribution in [2.24, 2.45) is 11.5 Å². The Bertz CT molecular complexity index is 887. The molecule has 3 atom stereocenters. The van der Waals surface area contributed by atoms with Gasteiger partial charge in [0, 0.05) is 0 Å². The Labute approximate surface area is 189 Å². The molecule has 0 saturated heterocycles. The summed E-state index contributed by atoms with van der Waals surface area (Å²) in [5.74, 6) is -1.08. The van der Waals surface area contributed by atoms with Crippen LogP contribution in [0.3, 0.4) is 0 Å². The molecule has 1 aromatic rings. The summed E-state index contributed by atoms with van der Waals surface area (Å²) < 4.78 is 16.5. The van der Waals surface area contributed by atoms with Gasteiger partial charge in [-0.2, -0.15) is 0 Å². The van der Waals surface area contributed by atoms with Gasteiger partial charge in [-0.15, -0.1) is 0 Å². The summed E-state index contributed by atoms with van der Waals surface area (Å²) in [6, 6.07) is 3.90. The van der Waals surface area contributed by atoms with E-state index in [0.717, 1.165) is 0 Å². The molecule has 1 aliphatic heterocycles. The molecule has 1 aromatic carbocycles. The maximum atomic E-state index is 13.2. The Balaban J connectivity index is 2.34. The summed E-state index contributed by atoms with van der Waals surface area (Å²) in [5, 5.41) is 2.75. The van der Waals surface area contributed by atoms with Crippen molar-refractivity contribution in [2.45, 2.75) is 90.2 Å². The molecule has 9 nitrogen and oxygen atoms in total. The van der Waals surface area contributed by atoms with Crippen LogP contribution in [-0.4, -0.2) is 41.2 Å². The van der Waals surface area contributed by atoms with Crippen LogP contribution in [0.2, 0.25) is 0 Å². The number of hydrogen-bond donors (Lipinski definition) is 3. The van der Waals surface area contributed by atoms with Crippen molar-refractivity contribution in [3.63, 3.8) is 0 Å². The number of ether oxygens (including phenoxy) is 3. The molecule has 0 fully saturated rings. The predicted molar refractivity (Wildman–Crippen MR) is 120 cm³/mol. The third-order valence-electron chi connectivity index (χ3n) is 4.75. The number of amides is 1. The van der Waals surface area contributed by atoms with E-state index in [0.29, 0.717) is 17.0 Å². The number of carbonyl (C=O) groups is 3. The second kappa shape index (κ2) is 9.07. The normalized spacial score (nSPS) is 19.0. The summed E-state index contributed by atoms with van der Waals surface area (Å²) in [6.07, 6.45) is -0.526. The van der Waals surface area contributed by atoms with E-state index in [1.807, 2.05) is 0 Å². The van der Waals surface area contributed by atoms with Crippen LogP contribution in [-0.2, 0) is 29.4 Å². The number of rotatable bonds is 6. The van der Waals surface area contributed by atoms with Gasteiger partial charge in [0.2, 0.25) is 0 Å². The summed E-state index contributed by atoms with van der Waals surface area (Å²) >= 11 is 0. The van der Waals surface area contributed by atoms with Crippen LogP contribution in [0.15, 0.2) is 18.2 Å². The number of hydrogen-bond acceptors (Lipinski definition) is 8. The second-order valence-corrected chi connectivity index (χ2v) is 10.1. The van der Waals surface area contributed by atoms with Crippen LogP contribution in [0.1, 0.15) is 66.9 Å². The smallest absolute Gasteiger partial charge is 0.331 e. The Kier molecular flexibility index (Phi) is 7.26. The molecule has 1 aliphatic rings. The molecule has 3 unspecified atom stereocenters. The average molecular weight is 450 g/mol. The van der Waals surface area contributed by atoms with Crippen molar-refractivity contribution in [1.82, 2.24) is 0 Å². The van der Waals surface area contributed by atoms with Crippen LogP contribution in [0.25, 0.3) is 0 Å². The summed E-state index contributed by atoms with van der Waals surface area (Å²) in [7, 11) is 0. The molecule has 0 saturated carbocycles. The van der Waals surface area contributed by atoms with Gasteiger partial charge in [0.1, 0.15) is 28.5 Å². The molecule has 0 spiro atoms. The van der Waals surface area contributed by atoms with E-state index < -0.39 is 40.8 Å². The number of anilines is 1. The molecule has 0 bridgehead atoms. The fraction of sp³-hybridized carbons (Fsp3) is 0.609. The van der Waals surface area contributed by atoms with E-state index in [2.05, 4.69) is 5.32 Å². The molecule has 2 rings (SSSR count). The first-order valence-corrected chi connectivity index (χ1v) is 10.6. The lowest BCUT2D eigenvalue weighted by molar-refractivity contribution is -0.164. The lowest BCUT2D eigenvalue weighted by Crippen LogP contribution is -2.50. The fourth-order valence-corrected chi connectivity index (χ4v) is 3.10. The van der Waals surface area contributed by atoms with E-state index in [-0.39, 0.29) is 18.7 Å². The Hall–Kier alpha value is -2.65. The van der Waals surface area contributed by atoms with Crippen molar-refractivity contribution in [2.75, 3.05) is 5.32 Å². The second-order valence-electron chi connectivity index (χ2n) is 10.1. The third-order valence-corrected chi connectivity index (χ3v) is 4.75. The van der Waals surface area contributed by atoms with Gasteiger partial charge >= 0.3 is 11.9 Å². The zero-order valence-corrected chi connectivity index (χ0v) is 19.9. The average Bonchev–Trinajstić information content (AvgIpc) is 2.63. The highest BCUT2D eigenvalue weighted by Gasteiger charge is 2.41. The number of fused-ring (bicyclic) bond motifs is 1. The van der Waals surface area contributed by atoms with Crippen LogP contribution in [0.4, 0.5) is 5.69 Å². The predicted octanol–water partition coefficient (Wildman–Crippen LogP) is 2.35. The van der Waals surface area contributed by atoms with Crippen molar-refractivity contribution >= 4 is 23.5 Å². The first-order chi connectivity index (χ1) is 14.5. The van der Waals surface area contributed by atoms with Gasteiger partial charge in [-0.1, -0.05) is 6.07 Å².